The van der Waals surface area contributed by atoms with Gasteiger partial charge in [-0.05, 0) is 0 Å². The third kappa shape index (κ3) is 0.462. The zero-order valence-electron chi connectivity index (χ0n) is 4.19. The minimum atomic E-state index is 0. The van der Waals surface area contributed by atoms with Crippen LogP contribution in [-0.2, 0) is 4.74 Å². The van der Waals surface area contributed by atoms with Crippen molar-refractivity contribution in [2.45, 2.75) is 20.0 Å². The van der Waals surface area contributed by atoms with Crippen molar-refractivity contribution in [2.75, 3.05) is 0 Å². The van der Waals surface area contributed by atoms with Gasteiger partial charge in [0.1, 0.15) is 0 Å². The molecular formula is C4H7ORf-. The van der Waals surface area contributed by atoms with Crippen LogP contribution in [0.4, 0.5) is 0 Å². The van der Waals surface area contributed by atoms with E-state index in [4.69, 9.17) is 4.74 Å². The molecule has 1 heterocycles. The van der Waals surface area contributed by atoms with Gasteiger partial charge in [0.15, 0.2) is 0 Å². The first-order chi connectivity index (χ1) is 2.30. The Bertz CT molecular complexity index is 40.8. The standard InChI is InChI=1S/C4H7O.Rf/c1-3-4(2)5-3;/h3H,1-2H3;/q-1;. The van der Waals surface area contributed by atoms with Crippen LogP contribution in [0, 0.1) is 6.10 Å². The molecule has 0 radical (unpaired) electrons. The summed E-state index contributed by atoms with van der Waals surface area (Å²) in [7, 11) is 0. The average molecular weight is 338 g/mol. The van der Waals surface area contributed by atoms with Crippen molar-refractivity contribution < 1.29 is 4.74 Å². The maximum Gasteiger partial charge on any atom is 0 e. The van der Waals surface area contributed by atoms with E-state index in [0.29, 0.717) is 6.10 Å². The predicted molar refractivity (Wildman–Crippen MR) is 19.5 cm³/mol. The predicted octanol–water partition coefficient (Wildman–Crippen LogP) is 0.957. The number of rotatable bonds is 0. The summed E-state index contributed by atoms with van der Waals surface area (Å²) in [6.45, 7) is 4.03. The molecule has 0 N–H and O–H groups in total. The number of epoxide rings is 1. The van der Waals surface area contributed by atoms with Crippen molar-refractivity contribution in [2.24, 2.45) is 0 Å². The van der Waals surface area contributed by atoms with Crippen molar-refractivity contribution in [1.82, 2.24) is 0 Å². The van der Waals surface area contributed by atoms with Crippen molar-refractivity contribution in [3.63, 3.8) is 0 Å². The molecule has 0 saturated carbocycles. The van der Waals surface area contributed by atoms with Crippen LogP contribution >= 0.6 is 0 Å². The van der Waals surface area contributed by atoms with Gasteiger partial charge in [0, 0.05) is 0 Å². The maximum atomic E-state index is 4.83. The first kappa shape index (κ1) is 4.96. The Morgan fingerprint density at radius 3 is 1.83 bits per heavy atom. The molecule has 32 valence electrons. The van der Waals surface area contributed by atoms with Crippen LogP contribution in [0.2, 0.25) is 0 Å². The Morgan fingerprint density at radius 2 is 1.83 bits per heavy atom. The van der Waals surface area contributed by atoms with Gasteiger partial charge in [-0.2, -0.15) is 13.0 Å². The van der Waals surface area contributed by atoms with Gasteiger partial charge in [0.2, 0.25) is 0 Å². The second-order valence-corrected chi connectivity index (χ2v) is 1.37. The van der Waals surface area contributed by atoms with Crippen LogP contribution in [0.3, 0.4) is 0 Å². The molecule has 0 amide bonds. The molecule has 1 nitrogen and oxygen atoms in total. The molecule has 1 fully saturated rings. The first-order valence-corrected chi connectivity index (χ1v) is 1.81. The third-order valence-corrected chi connectivity index (χ3v) is 0.878. The summed E-state index contributed by atoms with van der Waals surface area (Å²) in [4.78, 5) is 0. The molecule has 0 aromatic carbocycles. The molecule has 0 bridgehead atoms. The van der Waals surface area contributed by atoms with E-state index < -0.39 is 0 Å². The van der Waals surface area contributed by atoms with Crippen LogP contribution in [-0.4, -0.2) is 6.10 Å². The average Bonchev–Trinajstić information content (AvgIpc) is 1.79. The Balaban J connectivity index is 0.000000250. The molecule has 1 atom stereocenters. The van der Waals surface area contributed by atoms with Crippen LogP contribution in [0.5, 0.6) is 0 Å². The summed E-state index contributed by atoms with van der Waals surface area (Å²) in [5.41, 5.74) is 0. The maximum absolute atomic E-state index is 4.83. The smallest absolute Gasteiger partial charge is 0 e. The molecule has 2 heteroatoms. The Morgan fingerprint density at radius 1 is 1.67 bits per heavy atom. The molecule has 1 saturated heterocycles. The van der Waals surface area contributed by atoms with E-state index in [-0.39, 0.29) is 0 Å². The molecule has 6 heavy (non-hydrogen) atoms. The fraction of sp³-hybridized carbons (Fsp3) is 0.750. The van der Waals surface area contributed by atoms with Gasteiger partial charge < -0.3 is 4.74 Å². The third-order valence-electron chi connectivity index (χ3n) is 0.878. The molecular weight excluding hydrogens is 331 g/mol. The molecule has 1 aliphatic rings. The molecule has 0 aromatic heterocycles. The van der Waals surface area contributed by atoms with Gasteiger partial charge >= 0.3 is 0 Å². The summed E-state index contributed by atoms with van der Waals surface area (Å²) >= 11 is 0. The van der Waals surface area contributed by atoms with Gasteiger partial charge in [0.25, 0.3) is 0 Å². The minimum Gasteiger partial charge on any atom is -0.567 e. The summed E-state index contributed by atoms with van der Waals surface area (Å²) in [5, 5.41) is 0. The molecule has 1 rings (SSSR count). The van der Waals surface area contributed by atoms with Crippen LogP contribution < -0.4 is 0 Å². The minimum absolute atomic E-state index is 0. The number of hydrogen-bond donors (Lipinski definition) is 0. The molecule has 0 spiro atoms. The van der Waals surface area contributed by atoms with Gasteiger partial charge in [-0.1, -0.05) is 13.0 Å². The van der Waals surface area contributed by atoms with Crippen LogP contribution in [0.1, 0.15) is 13.8 Å². The number of hydrogen-bond acceptors (Lipinski definition) is 1. The molecule has 0 aromatic rings. The van der Waals surface area contributed by atoms with E-state index in [1.165, 1.54) is 6.10 Å². The fourth-order valence-electron chi connectivity index (χ4n) is 0.245. The van der Waals surface area contributed by atoms with Gasteiger partial charge in [-0.15, -0.1) is 0 Å². The zero-order chi connectivity index (χ0) is 3.86. The van der Waals surface area contributed by atoms with Crippen LogP contribution in [0.15, 0.2) is 0 Å². The zero-order valence-corrected chi connectivity index (χ0v) is 10.6. The quantitative estimate of drug-likeness (QED) is 0.474. The van der Waals surface area contributed by atoms with E-state index >= 15 is 0 Å². The summed E-state index contributed by atoms with van der Waals surface area (Å²) in [5.74, 6) is 0. The molecule has 0 aliphatic carbocycles. The monoisotopic (exact) mass is 338 g/mol. The summed E-state index contributed by atoms with van der Waals surface area (Å²) in [6, 6.07) is 0. The summed E-state index contributed by atoms with van der Waals surface area (Å²) < 4.78 is 4.83. The molecule has 1 unspecified atom stereocenters. The van der Waals surface area contributed by atoms with Crippen LogP contribution in [0.25, 0.3) is 0 Å². The Hall–Kier alpha value is -1.04. The Labute approximate surface area is 31.9 Å². The van der Waals surface area contributed by atoms with Crippen molar-refractivity contribution in [3.8, 4) is 0 Å². The number of ether oxygens (including phenoxy) is 1. The van der Waals surface area contributed by atoms with Gasteiger partial charge in [-0.25, -0.2) is 0 Å². The first-order valence-electron chi connectivity index (χ1n) is 1.81. The fourth-order valence-corrected chi connectivity index (χ4v) is 0.245. The van der Waals surface area contributed by atoms with Gasteiger partial charge in [0.05, 0.1) is 0 Å². The molecule has 1 aliphatic heterocycles. The van der Waals surface area contributed by atoms with Crippen molar-refractivity contribution in [3.05, 3.63) is 6.10 Å². The normalized spacial score (nSPS) is 32.0. The van der Waals surface area contributed by atoms with E-state index in [1.54, 1.807) is 0 Å². The van der Waals surface area contributed by atoms with E-state index in [2.05, 4.69) is 0 Å². The largest absolute Gasteiger partial charge is 0.567 e. The van der Waals surface area contributed by atoms with E-state index in [0.717, 1.165) is 0 Å². The summed E-state index contributed by atoms with van der Waals surface area (Å²) in [6.07, 6.45) is 1.64. The van der Waals surface area contributed by atoms with Crippen molar-refractivity contribution in [1.29, 1.82) is 0 Å². The topological polar surface area (TPSA) is 12.5 Å². The van der Waals surface area contributed by atoms with E-state index in [1.807, 2.05) is 13.8 Å². The van der Waals surface area contributed by atoms with Gasteiger partial charge in [-0.3, -0.25) is 0 Å². The second kappa shape index (κ2) is 0.977. The Kier molecular flexibility index (Phi) is 0.807. The van der Waals surface area contributed by atoms with E-state index in [9.17, 15) is 0 Å². The SMILES string of the molecule is C[C-]1OC1C.[Rf]. The second-order valence-electron chi connectivity index (χ2n) is 1.37. The van der Waals surface area contributed by atoms with Crippen molar-refractivity contribution >= 4 is 0 Å².